The summed E-state index contributed by atoms with van der Waals surface area (Å²) in [6.07, 6.45) is 1.13. The minimum atomic E-state index is -0.873. The van der Waals surface area contributed by atoms with Gasteiger partial charge in [0.2, 0.25) is 0 Å². The van der Waals surface area contributed by atoms with Crippen LogP contribution in [0.25, 0.3) is 27.8 Å². The lowest BCUT2D eigenvalue weighted by Crippen LogP contribution is -2.29. The molecule has 0 radical (unpaired) electrons. The van der Waals surface area contributed by atoms with Crippen LogP contribution in [-0.2, 0) is 0 Å². The van der Waals surface area contributed by atoms with Crippen molar-refractivity contribution < 1.29 is 4.39 Å². The van der Waals surface area contributed by atoms with Gasteiger partial charge < -0.3 is 10.3 Å². The molecule has 0 fully saturated rings. The Balaban J connectivity index is 1.77. The third kappa shape index (κ3) is 3.51. The molecule has 3 aromatic heterocycles. The van der Waals surface area contributed by atoms with Gasteiger partial charge in [0.05, 0.1) is 29.0 Å². The number of rotatable bonds is 5. The zero-order valence-electron chi connectivity index (χ0n) is 18.4. The van der Waals surface area contributed by atoms with E-state index < -0.39 is 12.1 Å². The van der Waals surface area contributed by atoms with E-state index in [4.69, 9.17) is 4.98 Å². The summed E-state index contributed by atoms with van der Waals surface area (Å²) in [6.45, 7) is 5.82. The Morgan fingerprint density at radius 1 is 1.06 bits per heavy atom. The number of fused-ring (bicyclic) bond motifs is 2. The first kappa shape index (κ1) is 20.7. The normalized spacial score (nSPS) is 12.4. The topological polar surface area (TPSA) is 101 Å². The number of aromatic nitrogens is 6. The number of nitrogens with zero attached hydrogens (tertiary/aromatic N) is 5. The minimum absolute atomic E-state index is 0.151. The predicted octanol–water partition coefficient (Wildman–Crippen LogP) is 4.37. The summed E-state index contributed by atoms with van der Waals surface area (Å²) < 4.78 is 15.7. The number of imidazole rings is 1. The summed E-state index contributed by atoms with van der Waals surface area (Å²) in [5, 5.41) is 3.83. The number of aryl methyl sites for hydroxylation is 2. The maximum atomic E-state index is 14.1. The van der Waals surface area contributed by atoms with Crippen molar-refractivity contribution >= 4 is 27.9 Å². The summed E-state index contributed by atoms with van der Waals surface area (Å²) in [4.78, 5) is 33.4. The monoisotopic (exact) mass is 443 g/mol. The fraction of sp³-hybridized carbons (Fsp3) is 0.208. The Hall–Kier alpha value is -4.14. The summed E-state index contributed by atoms with van der Waals surface area (Å²) in [6, 6.07) is 12.8. The van der Waals surface area contributed by atoms with Crippen LogP contribution in [0.15, 0.2) is 53.6 Å². The van der Waals surface area contributed by atoms with Crippen molar-refractivity contribution in [2.24, 2.45) is 0 Å². The van der Waals surface area contributed by atoms with E-state index in [9.17, 15) is 9.18 Å². The Morgan fingerprint density at radius 2 is 1.85 bits per heavy atom. The molecule has 0 aliphatic carbocycles. The van der Waals surface area contributed by atoms with Gasteiger partial charge in [-0.05, 0) is 43.5 Å². The number of H-pyrrole nitrogens is 1. The third-order valence-electron chi connectivity index (χ3n) is 5.77. The lowest BCUT2D eigenvalue weighted by atomic mass is 10.1. The smallest absolute Gasteiger partial charge is 0.312 e. The number of aromatic amines is 1. The fourth-order valence-electron chi connectivity index (χ4n) is 4.12. The van der Waals surface area contributed by atoms with E-state index in [0.717, 1.165) is 16.8 Å². The molecule has 166 valence electrons. The van der Waals surface area contributed by atoms with E-state index in [-0.39, 0.29) is 11.4 Å². The van der Waals surface area contributed by atoms with Crippen LogP contribution in [0, 0.1) is 19.9 Å². The first-order valence-electron chi connectivity index (χ1n) is 10.7. The zero-order valence-corrected chi connectivity index (χ0v) is 18.4. The Morgan fingerprint density at radius 3 is 2.64 bits per heavy atom. The van der Waals surface area contributed by atoms with Crippen LogP contribution < -0.4 is 10.9 Å². The van der Waals surface area contributed by atoms with Gasteiger partial charge in [-0.15, -0.1) is 0 Å². The first-order valence-corrected chi connectivity index (χ1v) is 10.7. The number of benzene rings is 2. The molecule has 2 N–H and O–H groups in total. The molecular formula is C24H22FN7O. The second-order valence-electron chi connectivity index (χ2n) is 7.91. The molecule has 0 aliphatic rings. The van der Waals surface area contributed by atoms with Crippen molar-refractivity contribution in [3.63, 3.8) is 0 Å². The number of hydrogen-bond acceptors (Lipinski definition) is 6. The summed E-state index contributed by atoms with van der Waals surface area (Å²) in [5.74, 6) is 0.748. The number of nitrogens with one attached hydrogen (secondary N) is 2. The highest BCUT2D eigenvalue weighted by atomic mass is 19.1. The standard InChI is InChI=1S/C24H22FN7O/c1-4-15(28-21-19-20(27-12-26-19)30-24(25)31-21)22-29-16-10-7-9-14(3)18(16)23(33)32(22)17-11-6-5-8-13(17)2/h5-12,15H,4H2,1-3H3,(H2,26,27,28,30,31). The highest BCUT2D eigenvalue weighted by Crippen LogP contribution is 2.27. The van der Waals surface area contributed by atoms with Gasteiger partial charge in [0, 0.05) is 0 Å². The SMILES string of the molecule is CCC(Nc1nc(F)nc2[nH]cnc12)c1nc2cccc(C)c2c(=O)n1-c1ccccc1C. The second-order valence-corrected chi connectivity index (χ2v) is 7.91. The molecular weight excluding hydrogens is 421 g/mol. The Bertz CT molecular complexity index is 1560. The van der Waals surface area contributed by atoms with E-state index in [1.807, 2.05) is 63.2 Å². The number of para-hydroxylation sites is 1. The third-order valence-corrected chi connectivity index (χ3v) is 5.77. The lowest BCUT2D eigenvalue weighted by Gasteiger charge is -2.23. The van der Waals surface area contributed by atoms with E-state index in [2.05, 4.69) is 25.3 Å². The quantitative estimate of drug-likeness (QED) is 0.391. The van der Waals surface area contributed by atoms with Gasteiger partial charge in [0.15, 0.2) is 11.5 Å². The van der Waals surface area contributed by atoms with Gasteiger partial charge in [0.25, 0.3) is 5.56 Å². The average Bonchev–Trinajstić information content (AvgIpc) is 3.26. The van der Waals surface area contributed by atoms with Crippen molar-refractivity contribution in [3.8, 4) is 5.69 Å². The van der Waals surface area contributed by atoms with Crippen molar-refractivity contribution in [2.45, 2.75) is 33.2 Å². The van der Waals surface area contributed by atoms with Crippen LogP contribution in [0.2, 0.25) is 0 Å². The minimum Gasteiger partial charge on any atom is -0.358 e. The molecule has 2 aromatic carbocycles. The average molecular weight is 443 g/mol. The molecule has 33 heavy (non-hydrogen) atoms. The predicted molar refractivity (Wildman–Crippen MR) is 125 cm³/mol. The molecule has 8 nitrogen and oxygen atoms in total. The summed E-state index contributed by atoms with van der Waals surface area (Å²) in [7, 11) is 0. The number of hydrogen-bond donors (Lipinski definition) is 2. The van der Waals surface area contributed by atoms with Gasteiger partial charge in [0.1, 0.15) is 11.3 Å². The van der Waals surface area contributed by atoms with Crippen LogP contribution in [0.1, 0.15) is 36.3 Å². The van der Waals surface area contributed by atoms with Crippen LogP contribution in [0.5, 0.6) is 0 Å². The Labute approximate surface area is 188 Å². The first-order chi connectivity index (χ1) is 16.0. The molecule has 1 atom stereocenters. The molecule has 5 aromatic rings. The lowest BCUT2D eigenvalue weighted by molar-refractivity contribution is 0.543. The molecule has 0 amide bonds. The van der Waals surface area contributed by atoms with Crippen LogP contribution in [0.3, 0.4) is 0 Å². The molecule has 0 bridgehead atoms. The second kappa shape index (κ2) is 8.09. The van der Waals surface area contributed by atoms with Gasteiger partial charge in [-0.25, -0.2) is 9.97 Å². The van der Waals surface area contributed by atoms with Crippen molar-refractivity contribution in [2.75, 3.05) is 5.32 Å². The van der Waals surface area contributed by atoms with Crippen LogP contribution in [-0.4, -0.2) is 29.5 Å². The summed E-state index contributed by atoms with van der Waals surface area (Å²) in [5.41, 5.74) is 3.70. The van der Waals surface area contributed by atoms with Gasteiger partial charge in [-0.2, -0.15) is 14.4 Å². The fourth-order valence-corrected chi connectivity index (χ4v) is 4.12. The molecule has 0 spiro atoms. The number of anilines is 1. The molecule has 5 rings (SSSR count). The highest BCUT2D eigenvalue weighted by molar-refractivity contribution is 5.83. The maximum absolute atomic E-state index is 14.1. The van der Waals surface area contributed by atoms with Gasteiger partial charge in [-0.3, -0.25) is 9.36 Å². The van der Waals surface area contributed by atoms with Crippen molar-refractivity contribution in [3.05, 3.63) is 82.2 Å². The van der Waals surface area contributed by atoms with Crippen molar-refractivity contribution in [1.82, 2.24) is 29.5 Å². The van der Waals surface area contributed by atoms with Gasteiger partial charge >= 0.3 is 6.08 Å². The van der Waals surface area contributed by atoms with E-state index >= 15 is 0 Å². The van der Waals surface area contributed by atoms with Gasteiger partial charge in [-0.1, -0.05) is 37.3 Å². The van der Waals surface area contributed by atoms with E-state index in [1.165, 1.54) is 6.33 Å². The molecule has 9 heteroatoms. The largest absolute Gasteiger partial charge is 0.358 e. The molecule has 0 aliphatic heterocycles. The van der Waals surface area contributed by atoms with E-state index in [1.54, 1.807) is 4.57 Å². The highest BCUT2D eigenvalue weighted by Gasteiger charge is 2.23. The molecule has 3 heterocycles. The van der Waals surface area contributed by atoms with Crippen LogP contribution >= 0.6 is 0 Å². The molecule has 1 unspecified atom stereocenters. The molecule has 0 saturated carbocycles. The van der Waals surface area contributed by atoms with Crippen LogP contribution in [0.4, 0.5) is 10.2 Å². The maximum Gasteiger partial charge on any atom is 0.312 e. The summed E-state index contributed by atoms with van der Waals surface area (Å²) >= 11 is 0. The van der Waals surface area contributed by atoms with Crippen molar-refractivity contribution in [1.29, 1.82) is 0 Å². The zero-order chi connectivity index (χ0) is 23.1. The van der Waals surface area contributed by atoms with E-state index in [0.29, 0.717) is 34.3 Å². The number of halogens is 1. The Kier molecular flexibility index (Phi) is 5.08. The molecule has 0 saturated heterocycles.